The Morgan fingerprint density at radius 3 is 1.45 bits per heavy atom. The molecule has 0 bridgehead atoms. The molecule has 1 aliphatic rings. The minimum absolute atomic E-state index is 0.0229. The minimum Gasteiger partial charge on any atom is -0.396 e. The number of aliphatic hydroxyl groups is 1. The van der Waals surface area contributed by atoms with Gasteiger partial charge in [0.05, 0.1) is 32.0 Å². The summed E-state index contributed by atoms with van der Waals surface area (Å²) in [7, 11) is 0. The smallest absolute Gasteiger partial charge is 0.111 e. The molecule has 1 N–H and O–H groups in total. The van der Waals surface area contributed by atoms with Crippen LogP contribution in [0.15, 0.2) is 91.0 Å². The van der Waals surface area contributed by atoms with E-state index in [1.165, 1.54) is 0 Å². The molecule has 4 nitrogen and oxygen atoms in total. The van der Waals surface area contributed by atoms with E-state index in [2.05, 4.69) is 24.3 Å². The molecule has 31 heavy (non-hydrogen) atoms. The van der Waals surface area contributed by atoms with Crippen molar-refractivity contribution in [1.29, 1.82) is 0 Å². The zero-order valence-corrected chi connectivity index (χ0v) is 17.7. The lowest BCUT2D eigenvalue weighted by Crippen LogP contribution is -2.37. The lowest BCUT2D eigenvalue weighted by Gasteiger charge is -2.27. The molecule has 0 amide bonds. The van der Waals surface area contributed by atoms with Crippen LogP contribution in [0.1, 0.15) is 23.1 Å². The molecule has 0 radical (unpaired) electrons. The second-order valence-electron chi connectivity index (χ2n) is 8.04. The van der Waals surface area contributed by atoms with Crippen LogP contribution in [0.4, 0.5) is 0 Å². The quantitative estimate of drug-likeness (QED) is 0.516. The van der Waals surface area contributed by atoms with E-state index < -0.39 is 0 Å². The zero-order chi connectivity index (χ0) is 21.3. The van der Waals surface area contributed by atoms with Gasteiger partial charge in [-0.25, -0.2) is 0 Å². The molecule has 0 spiro atoms. The van der Waals surface area contributed by atoms with Crippen LogP contribution >= 0.6 is 0 Å². The molecule has 4 rings (SSSR count). The summed E-state index contributed by atoms with van der Waals surface area (Å²) in [5, 5.41) is 10.0. The van der Waals surface area contributed by atoms with Crippen molar-refractivity contribution in [2.75, 3.05) is 6.61 Å². The second kappa shape index (κ2) is 11.2. The summed E-state index contributed by atoms with van der Waals surface area (Å²) in [5.74, 6) is -0.0229. The van der Waals surface area contributed by atoms with Crippen LogP contribution in [0.2, 0.25) is 0 Å². The van der Waals surface area contributed by atoms with E-state index in [0.29, 0.717) is 26.2 Å². The molecule has 0 saturated heterocycles. The fourth-order valence-electron chi connectivity index (χ4n) is 4.13. The Morgan fingerprint density at radius 2 is 1.00 bits per heavy atom. The van der Waals surface area contributed by atoms with E-state index in [1.54, 1.807) is 0 Å². The summed E-state index contributed by atoms with van der Waals surface area (Å²) < 4.78 is 19.0. The van der Waals surface area contributed by atoms with Crippen molar-refractivity contribution in [2.45, 2.75) is 44.6 Å². The summed E-state index contributed by atoms with van der Waals surface area (Å²) in [6.07, 6.45) is 0.101. The van der Waals surface area contributed by atoms with Crippen molar-refractivity contribution in [3.05, 3.63) is 108 Å². The Morgan fingerprint density at radius 1 is 0.581 bits per heavy atom. The van der Waals surface area contributed by atoms with Gasteiger partial charge in [-0.1, -0.05) is 91.0 Å². The number of aliphatic hydroxyl groups excluding tert-OH is 1. The van der Waals surface area contributed by atoms with Crippen LogP contribution in [-0.2, 0) is 34.0 Å². The molecule has 0 aromatic heterocycles. The van der Waals surface area contributed by atoms with E-state index in [4.69, 9.17) is 14.2 Å². The van der Waals surface area contributed by atoms with Gasteiger partial charge in [0.2, 0.25) is 0 Å². The van der Waals surface area contributed by atoms with Gasteiger partial charge in [0.1, 0.15) is 6.10 Å². The van der Waals surface area contributed by atoms with E-state index in [9.17, 15) is 5.11 Å². The van der Waals surface area contributed by atoms with Crippen molar-refractivity contribution >= 4 is 0 Å². The third-order valence-electron chi connectivity index (χ3n) is 5.80. The third kappa shape index (κ3) is 6.02. The maximum absolute atomic E-state index is 10.0. The topological polar surface area (TPSA) is 47.9 Å². The van der Waals surface area contributed by atoms with Crippen LogP contribution in [0, 0.1) is 5.92 Å². The average Bonchev–Trinajstić information content (AvgIpc) is 3.18. The molecule has 3 aromatic rings. The Balaban J connectivity index is 1.46. The highest BCUT2D eigenvalue weighted by Gasteiger charge is 2.45. The molecule has 4 atom stereocenters. The maximum atomic E-state index is 10.0. The van der Waals surface area contributed by atoms with Crippen molar-refractivity contribution in [2.24, 2.45) is 5.92 Å². The SMILES string of the molecule is OC[C@H]1C[C@H](OCc2ccccc2)[C@H](OCc2ccccc2)[C@@H]1OCc1ccccc1. The van der Waals surface area contributed by atoms with E-state index in [1.807, 2.05) is 66.7 Å². The Kier molecular flexibility index (Phi) is 7.86. The summed E-state index contributed by atoms with van der Waals surface area (Å²) in [6, 6.07) is 30.4. The molecule has 1 saturated carbocycles. The van der Waals surface area contributed by atoms with Gasteiger partial charge in [-0.2, -0.15) is 0 Å². The predicted octanol–water partition coefficient (Wildman–Crippen LogP) is 4.75. The molecule has 0 unspecified atom stereocenters. The van der Waals surface area contributed by atoms with Gasteiger partial charge >= 0.3 is 0 Å². The molecule has 0 aliphatic heterocycles. The van der Waals surface area contributed by atoms with Crippen LogP contribution in [0.5, 0.6) is 0 Å². The summed E-state index contributed by atoms with van der Waals surface area (Å²) in [4.78, 5) is 0. The number of benzene rings is 3. The Hall–Kier alpha value is -2.50. The fourth-order valence-corrected chi connectivity index (χ4v) is 4.13. The monoisotopic (exact) mass is 418 g/mol. The van der Waals surface area contributed by atoms with Gasteiger partial charge in [0, 0.05) is 12.5 Å². The lowest BCUT2D eigenvalue weighted by atomic mass is 10.1. The number of hydrogen-bond acceptors (Lipinski definition) is 4. The van der Waals surface area contributed by atoms with Crippen molar-refractivity contribution < 1.29 is 19.3 Å². The molecule has 1 fully saturated rings. The molecular weight excluding hydrogens is 388 g/mol. The molecule has 162 valence electrons. The van der Waals surface area contributed by atoms with Gasteiger partial charge in [-0.15, -0.1) is 0 Å². The molecule has 0 heterocycles. The van der Waals surface area contributed by atoms with Gasteiger partial charge in [-0.05, 0) is 23.1 Å². The standard InChI is InChI=1S/C27H30O4/c28-17-24-16-25(29-18-21-10-4-1-5-11-21)27(31-20-23-14-8-3-9-15-23)26(24)30-19-22-12-6-2-7-13-22/h1-15,24-28H,16-20H2/t24-,25+,26-,27+/m1/s1. The number of ether oxygens (including phenoxy) is 3. The van der Waals surface area contributed by atoms with Crippen LogP contribution < -0.4 is 0 Å². The highest BCUT2D eigenvalue weighted by Crippen LogP contribution is 2.35. The van der Waals surface area contributed by atoms with E-state index >= 15 is 0 Å². The number of rotatable bonds is 10. The molecule has 3 aromatic carbocycles. The van der Waals surface area contributed by atoms with E-state index in [-0.39, 0.29) is 30.8 Å². The van der Waals surface area contributed by atoms with Gasteiger partial charge in [0.15, 0.2) is 0 Å². The van der Waals surface area contributed by atoms with Crippen LogP contribution in [0.25, 0.3) is 0 Å². The molecule has 1 aliphatic carbocycles. The van der Waals surface area contributed by atoms with E-state index in [0.717, 1.165) is 16.7 Å². The number of hydrogen-bond donors (Lipinski definition) is 1. The van der Waals surface area contributed by atoms with Crippen molar-refractivity contribution in [3.63, 3.8) is 0 Å². The first kappa shape index (κ1) is 21.7. The lowest BCUT2D eigenvalue weighted by molar-refractivity contribution is -0.128. The largest absolute Gasteiger partial charge is 0.396 e. The first-order chi connectivity index (χ1) is 15.3. The summed E-state index contributed by atoms with van der Waals surface area (Å²) in [6.45, 7) is 1.54. The first-order valence-electron chi connectivity index (χ1n) is 10.9. The van der Waals surface area contributed by atoms with Crippen molar-refractivity contribution in [3.8, 4) is 0 Å². The summed E-state index contributed by atoms with van der Waals surface area (Å²) >= 11 is 0. The fraction of sp³-hybridized carbons (Fsp3) is 0.333. The normalized spacial score (nSPS) is 23.1. The van der Waals surface area contributed by atoms with Crippen LogP contribution in [0.3, 0.4) is 0 Å². The average molecular weight is 419 g/mol. The second-order valence-corrected chi connectivity index (χ2v) is 8.04. The van der Waals surface area contributed by atoms with Crippen molar-refractivity contribution in [1.82, 2.24) is 0 Å². The van der Waals surface area contributed by atoms with Gasteiger partial charge in [-0.3, -0.25) is 0 Å². The highest BCUT2D eigenvalue weighted by molar-refractivity contribution is 5.15. The Bertz CT molecular complexity index is 885. The maximum Gasteiger partial charge on any atom is 0.111 e. The molecular formula is C27H30O4. The molecule has 4 heteroatoms. The zero-order valence-electron chi connectivity index (χ0n) is 17.7. The third-order valence-corrected chi connectivity index (χ3v) is 5.80. The first-order valence-corrected chi connectivity index (χ1v) is 10.9. The van der Waals surface area contributed by atoms with Gasteiger partial charge < -0.3 is 19.3 Å². The minimum atomic E-state index is -0.246. The predicted molar refractivity (Wildman–Crippen MR) is 120 cm³/mol. The highest BCUT2D eigenvalue weighted by atomic mass is 16.6. The summed E-state index contributed by atoms with van der Waals surface area (Å²) in [5.41, 5.74) is 3.34. The van der Waals surface area contributed by atoms with Gasteiger partial charge in [0.25, 0.3) is 0 Å². The van der Waals surface area contributed by atoms with Crippen LogP contribution in [-0.4, -0.2) is 30.0 Å². The Labute approximate surface area is 184 Å².